The van der Waals surface area contributed by atoms with E-state index < -0.39 is 23.0 Å². The van der Waals surface area contributed by atoms with E-state index in [0.717, 1.165) is 14.8 Å². The van der Waals surface area contributed by atoms with E-state index in [4.69, 9.17) is 0 Å². The minimum absolute atomic E-state index is 0.0719. The van der Waals surface area contributed by atoms with Crippen molar-refractivity contribution in [2.45, 2.75) is 91.3 Å². The van der Waals surface area contributed by atoms with Gasteiger partial charge in [0.15, 0.2) is 0 Å². The molecule has 1 aromatic heterocycles. The Bertz CT molecular complexity index is 1410. The number of carbonyl (C=O) groups is 1. The van der Waals surface area contributed by atoms with Crippen molar-refractivity contribution in [2.75, 3.05) is 0 Å². The summed E-state index contributed by atoms with van der Waals surface area (Å²) in [5.41, 5.74) is 0.255. The molecule has 0 aliphatic heterocycles. The lowest BCUT2D eigenvalue weighted by Crippen LogP contribution is -2.56. The molecule has 1 amide bonds. The lowest BCUT2D eigenvalue weighted by molar-refractivity contribution is -0.125. The standard InChI is InChI=1S/C29H41N5O4/c1-27(2,3)19-11-13-20(14-12-19)33-25(37)32-34(26(33)38)22-17-18(10-15-23(22)35)16-21(30-28(4,5)6)24(36)31-29(7,8)9/h10-15,17,21,30,35H,16H2,1-9H3,(H,31,36)(H,32,37). The first-order chi connectivity index (χ1) is 17.4. The number of carbonyl (C=O) groups excluding carboxylic acids is 1. The Balaban J connectivity index is 2.00. The Morgan fingerprint density at radius 2 is 1.53 bits per heavy atom. The van der Waals surface area contributed by atoms with Gasteiger partial charge in [-0.1, -0.05) is 39.0 Å². The van der Waals surface area contributed by atoms with Crippen LogP contribution in [-0.2, 0) is 16.6 Å². The van der Waals surface area contributed by atoms with Gasteiger partial charge in [-0.05, 0) is 88.8 Å². The number of phenolic OH excluding ortho intramolecular Hbond substituents is 1. The van der Waals surface area contributed by atoms with Gasteiger partial charge in [-0.3, -0.25) is 4.79 Å². The quantitative estimate of drug-likeness (QED) is 0.394. The van der Waals surface area contributed by atoms with E-state index in [1.807, 2.05) is 53.7 Å². The first-order valence-corrected chi connectivity index (χ1v) is 12.8. The largest absolute Gasteiger partial charge is 0.506 e. The third-order valence-corrected chi connectivity index (χ3v) is 5.93. The van der Waals surface area contributed by atoms with E-state index in [2.05, 4.69) is 36.5 Å². The summed E-state index contributed by atoms with van der Waals surface area (Å²) in [5.74, 6) is -0.329. The van der Waals surface area contributed by atoms with Crippen molar-refractivity contribution in [3.8, 4) is 17.1 Å². The molecule has 206 valence electrons. The van der Waals surface area contributed by atoms with Gasteiger partial charge in [0.05, 0.1) is 11.7 Å². The van der Waals surface area contributed by atoms with E-state index in [1.54, 1.807) is 24.3 Å². The minimum Gasteiger partial charge on any atom is -0.506 e. The predicted molar refractivity (Wildman–Crippen MR) is 151 cm³/mol. The molecule has 1 heterocycles. The van der Waals surface area contributed by atoms with E-state index in [0.29, 0.717) is 17.7 Å². The fourth-order valence-electron chi connectivity index (χ4n) is 4.18. The number of H-pyrrole nitrogens is 1. The zero-order valence-electron chi connectivity index (χ0n) is 23.9. The second kappa shape index (κ2) is 10.3. The lowest BCUT2D eigenvalue weighted by Gasteiger charge is -2.31. The molecule has 4 N–H and O–H groups in total. The molecule has 3 aromatic rings. The minimum atomic E-state index is -0.638. The number of aromatic amines is 1. The van der Waals surface area contributed by atoms with E-state index in [-0.39, 0.29) is 28.3 Å². The molecular weight excluding hydrogens is 482 g/mol. The smallest absolute Gasteiger partial charge is 0.356 e. The van der Waals surface area contributed by atoms with Gasteiger partial charge in [0.2, 0.25) is 5.91 Å². The molecular formula is C29H41N5O4. The monoisotopic (exact) mass is 523 g/mol. The molecule has 0 saturated heterocycles. The fourth-order valence-corrected chi connectivity index (χ4v) is 4.18. The second-order valence-corrected chi connectivity index (χ2v) is 12.9. The van der Waals surface area contributed by atoms with Crippen molar-refractivity contribution in [2.24, 2.45) is 0 Å². The number of nitrogens with zero attached hydrogens (tertiary/aromatic N) is 2. The molecule has 1 unspecified atom stereocenters. The van der Waals surface area contributed by atoms with Gasteiger partial charge in [0.1, 0.15) is 11.4 Å². The molecule has 38 heavy (non-hydrogen) atoms. The first kappa shape index (κ1) is 29.0. The number of benzene rings is 2. The van der Waals surface area contributed by atoms with Crippen LogP contribution >= 0.6 is 0 Å². The highest BCUT2D eigenvalue weighted by Crippen LogP contribution is 2.24. The molecule has 0 fully saturated rings. The number of aromatic nitrogens is 3. The highest BCUT2D eigenvalue weighted by atomic mass is 16.3. The summed E-state index contributed by atoms with van der Waals surface area (Å²) < 4.78 is 2.06. The van der Waals surface area contributed by atoms with Crippen molar-refractivity contribution in [3.05, 3.63) is 74.6 Å². The number of amides is 1. The van der Waals surface area contributed by atoms with Crippen LogP contribution < -0.4 is 22.0 Å². The molecule has 0 saturated carbocycles. The number of hydrogen-bond acceptors (Lipinski definition) is 5. The molecule has 1 atom stereocenters. The SMILES string of the molecule is CC(C)(C)NC(=O)C(Cc1ccc(O)c(-n2[nH]c(=O)n(-c3ccc(C(C)(C)C)cc3)c2=O)c1)NC(C)(C)C. The van der Waals surface area contributed by atoms with Crippen molar-refractivity contribution < 1.29 is 9.90 Å². The maximum Gasteiger partial charge on any atom is 0.356 e. The van der Waals surface area contributed by atoms with Crippen molar-refractivity contribution in [3.63, 3.8) is 0 Å². The van der Waals surface area contributed by atoms with Crippen LogP contribution in [0.1, 0.15) is 73.4 Å². The van der Waals surface area contributed by atoms with Crippen LogP contribution in [0.3, 0.4) is 0 Å². The lowest BCUT2D eigenvalue weighted by atomic mass is 9.87. The highest BCUT2D eigenvalue weighted by molar-refractivity contribution is 5.82. The third kappa shape index (κ3) is 7.04. The Hall–Kier alpha value is -3.59. The summed E-state index contributed by atoms with van der Waals surface area (Å²) in [7, 11) is 0. The molecule has 9 nitrogen and oxygen atoms in total. The Morgan fingerprint density at radius 1 is 0.921 bits per heavy atom. The number of phenols is 1. The maximum absolute atomic E-state index is 13.3. The number of hydrogen-bond donors (Lipinski definition) is 4. The fraction of sp³-hybridized carbons (Fsp3) is 0.483. The number of nitrogens with one attached hydrogen (secondary N) is 3. The van der Waals surface area contributed by atoms with Crippen LogP contribution in [0.15, 0.2) is 52.1 Å². The first-order valence-electron chi connectivity index (χ1n) is 12.8. The summed E-state index contributed by atoms with van der Waals surface area (Å²) in [6, 6.07) is 11.5. The Labute approximate surface area is 223 Å². The van der Waals surface area contributed by atoms with E-state index in [9.17, 15) is 19.5 Å². The summed E-state index contributed by atoms with van der Waals surface area (Å²) in [4.78, 5) is 39.2. The van der Waals surface area contributed by atoms with Crippen LogP contribution in [0, 0.1) is 0 Å². The second-order valence-electron chi connectivity index (χ2n) is 12.9. The molecule has 3 rings (SSSR count). The zero-order chi connectivity index (χ0) is 28.6. The molecule has 0 aliphatic rings. The van der Waals surface area contributed by atoms with Gasteiger partial charge in [-0.25, -0.2) is 19.3 Å². The van der Waals surface area contributed by atoms with Gasteiger partial charge < -0.3 is 15.7 Å². The van der Waals surface area contributed by atoms with Crippen LogP contribution in [0.2, 0.25) is 0 Å². The zero-order valence-corrected chi connectivity index (χ0v) is 23.9. The van der Waals surface area contributed by atoms with Crippen LogP contribution in [-0.4, -0.2) is 42.5 Å². The normalized spacial score (nSPS) is 13.4. The van der Waals surface area contributed by atoms with E-state index in [1.165, 1.54) is 6.07 Å². The Morgan fingerprint density at radius 3 is 2.05 bits per heavy atom. The number of rotatable bonds is 6. The van der Waals surface area contributed by atoms with Gasteiger partial charge >= 0.3 is 11.4 Å². The average Bonchev–Trinajstić information content (AvgIpc) is 3.05. The van der Waals surface area contributed by atoms with Crippen LogP contribution in [0.25, 0.3) is 11.4 Å². The summed E-state index contributed by atoms with van der Waals surface area (Å²) >= 11 is 0. The molecule has 0 aliphatic carbocycles. The topological polar surface area (TPSA) is 121 Å². The molecule has 9 heteroatoms. The van der Waals surface area contributed by atoms with Crippen molar-refractivity contribution in [1.29, 1.82) is 0 Å². The molecule has 0 radical (unpaired) electrons. The average molecular weight is 524 g/mol. The third-order valence-electron chi connectivity index (χ3n) is 5.93. The Kier molecular flexibility index (Phi) is 7.84. The van der Waals surface area contributed by atoms with Gasteiger partial charge in [-0.15, -0.1) is 0 Å². The number of aromatic hydroxyl groups is 1. The van der Waals surface area contributed by atoms with E-state index >= 15 is 0 Å². The summed E-state index contributed by atoms with van der Waals surface area (Å²) in [5, 5.41) is 19.5. The summed E-state index contributed by atoms with van der Waals surface area (Å²) in [6.07, 6.45) is 0.306. The van der Waals surface area contributed by atoms with Gasteiger partial charge in [-0.2, -0.15) is 4.68 Å². The maximum atomic E-state index is 13.3. The molecule has 0 bridgehead atoms. The molecule has 2 aromatic carbocycles. The summed E-state index contributed by atoms with van der Waals surface area (Å²) in [6.45, 7) is 17.9. The van der Waals surface area contributed by atoms with Crippen molar-refractivity contribution >= 4 is 5.91 Å². The predicted octanol–water partition coefficient (Wildman–Crippen LogP) is 3.53. The van der Waals surface area contributed by atoms with Crippen LogP contribution in [0.4, 0.5) is 0 Å². The van der Waals surface area contributed by atoms with Gasteiger partial charge in [0.25, 0.3) is 0 Å². The highest BCUT2D eigenvalue weighted by Gasteiger charge is 2.27. The van der Waals surface area contributed by atoms with Crippen molar-refractivity contribution in [1.82, 2.24) is 25.0 Å². The molecule has 0 spiro atoms. The van der Waals surface area contributed by atoms with Gasteiger partial charge in [0, 0.05) is 11.1 Å². The van der Waals surface area contributed by atoms with Crippen LogP contribution in [0.5, 0.6) is 5.75 Å².